The number of ether oxygens (including phenoxy) is 1. The van der Waals surface area contributed by atoms with Crippen LogP contribution in [0.4, 0.5) is 8.78 Å². The number of methoxy groups -OCH3 is 1. The molecule has 4 rings (SSSR count). The van der Waals surface area contributed by atoms with E-state index in [0.717, 1.165) is 20.9 Å². The Bertz CT molecular complexity index is 1090. The third-order valence-corrected chi connectivity index (χ3v) is 4.94. The Morgan fingerprint density at radius 1 is 1.11 bits per heavy atom. The van der Waals surface area contributed by atoms with Crippen LogP contribution in [0.25, 0.3) is 16.7 Å². The van der Waals surface area contributed by atoms with E-state index >= 15 is 0 Å². The van der Waals surface area contributed by atoms with Crippen molar-refractivity contribution in [3.8, 4) is 11.6 Å². The van der Waals surface area contributed by atoms with Gasteiger partial charge >= 0.3 is 0 Å². The highest BCUT2D eigenvalue weighted by Crippen LogP contribution is 2.26. The molecule has 8 heteroatoms. The number of rotatable bonds is 5. The minimum Gasteiger partial charge on any atom is -0.497 e. The van der Waals surface area contributed by atoms with Crippen molar-refractivity contribution in [1.29, 1.82) is 0 Å². The summed E-state index contributed by atoms with van der Waals surface area (Å²) in [4.78, 5) is 0. The zero-order chi connectivity index (χ0) is 19.0. The zero-order valence-corrected chi connectivity index (χ0v) is 15.9. The van der Waals surface area contributed by atoms with Gasteiger partial charge in [-0.15, -0.1) is 0 Å². The van der Waals surface area contributed by atoms with E-state index < -0.39 is 6.43 Å². The number of fused-ring (bicyclic) bond motifs is 1. The minimum absolute atomic E-state index is 0.153. The van der Waals surface area contributed by atoms with Gasteiger partial charge in [-0.05, 0) is 29.8 Å². The van der Waals surface area contributed by atoms with Crippen LogP contribution < -0.4 is 4.74 Å². The van der Waals surface area contributed by atoms with Gasteiger partial charge in [-0.2, -0.15) is 10.2 Å². The highest BCUT2D eigenvalue weighted by Gasteiger charge is 2.19. The Hall–Kier alpha value is -2.74. The number of hydrogen-bond acceptors (Lipinski definition) is 3. The smallest absolute Gasteiger partial charge is 0.280 e. The molecular formula is C19H15BrF2N4O. The topological polar surface area (TPSA) is 44.9 Å². The summed E-state index contributed by atoms with van der Waals surface area (Å²) in [5, 5.41) is 9.68. The first kappa shape index (κ1) is 17.7. The standard InChI is InChI=1S/C19H15BrF2N4O/c1-27-13-7-5-12(6-8-13)10-25-17(19(21)22)9-18(24-25)26-11-14-15(20)3-2-4-16(14)23-26/h2-9,11,19H,10H2,1H3. The summed E-state index contributed by atoms with van der Waals surface area (Å²) in [6.45, 7) is 0.230. The first-order valence-electron chi connectivity index (χ1n) is 8.18. The molecule has 0 radical (unpaired) electrons. The van der Waals surface area contributed by atoms with Crippen molar-refractivity contribution in [2.24, 2.45) is 0 Å². The molecular weight excluding hydrogens is 418 g/mol. The Balaban J connectivity index is 1.71. The maximum Gasteiger partial charge on any atom is 0.280 e. The van der Waals surface area contributed by atoms with Crippen LogP contribution in [0.1, 0.15) is 17.7 Å². The van der Waals surface area contributed by atoms with Crippen molar-refractivity contribution in [2.75, 3.05) is 7.11 Å². The van der Waals surface area contributed by atoms with Gasteiger partial charge in [0.25, 0.3) is 6.43 Å². The van der Waals surface area contributed by atoms with E-state index in [0.29, 0.717) is 11.6 Å². The van der Waals surface area contributed by atoms with Crippen LogP contribution in [-0.4, -0.2) is 26.7 Å². The maximum absolute atomic E-state index is 13.5. The Kier molecular flexibility index (Phi) is 4.65. The highest BCUT2D eigenvalue weighted by molar-refractivity contribution is 9.10. The quantitative estimate of drug-likeness (QED) is 0.446. The van der Waals surface area contributed by atoms with Gasteiger partial charge < -0.3 is 4.74 Å². The molecule has 2 aromatic carbocycles. The fraction of sp³-hybridized carbons (Fsp3) is 0.158. The Morgan fingerprint density at radius 2 is 1.89 bits per heavy atom. The van der Waals surface area contributed by atoms with E-state index in [2.05, 4.69) is 26.1 Å². The van der Waals surface area contributed by atoms with Crippen LogP contribution in [0.2, 0.25) is 0 Å². The van der Waals surface area contributed by atoms with Gasteiger partial charge in [0.15, 0.2) is 5.82 Å². The molecule has 0 bridgehead atoms. The van der Waals surface area contributed by atoms with E-state index in [1.807, 2.05) is 30.3 Å². The molecule has 0 saturated heterocycles. The lowest BCUT2D eigenvalue weighted by Crippen LogP contribution is -2.07. The molecule has 0 amide bonds. The summed E-state index contributed by atoms with van der Waals surface area (Å²) in [5.41, 5.74) is 1.45. The summed E-state index contributed by atoms with van der Waals surface area (Å²) in [5.74, 6) is 1.06. The SMILES string of the molecule is COc1ccc(Cn2nc(-n3cc4c(Br)cccc4n3)cc2C(F)F)cc1. The number of alkyl halides is 2. The predicted octanol–water partition coefficient (Wildman–Crippen LogP) is 4.98. The molecule has 4 aromatic rings. The second-order valence-electron chi connectivity index (χ2n) is 5.98. The molecule has 0 N–H and O–H groups in total. The van der Waals surface area contributed by atoms with Gasteiger partial charge in [0.1, 0.15) is 11.4 Å². The lowest BCUT2D eigenvalue weighted by Gasteiger charge is -2.07. The van der Waals surface area contributed by atoms with Gasteiger partial charge in [0.2, 0.25) is 0 Å². The molecule has 2 heterocycles. The van der Waals surface area contributed by atoms with Crippen LogP contribution in [0, 0.1) is 0 Å². The fourth-order valence-electron chi connectivity index (χ4n) is 2.86. The molecule has 0 unspecified atom stereocenters. The third-order valence-electron chi connectivity index (χ3n) is 4.24. The average Bonchev–Trinajstić information content (AvgIpc) is 3.27. The van der Waals surface area contributed by atoms with E-state index in [4.69, 9.17) is 4.74 Å². The van der Waals surface area contributed by atoms with Gasteiger partial charge in [0.05, 0.1) is 19.2 Å². The third kappa shape index (κ3) is 3.44. The summed E-state index contributed by atoms with van der Waals surface area (Å²) in [7, 11) is 1.58. The number of benzene rings is 2. The van der Waals surface area contributed by atoms with Gasteiger partial charge in [-0.3, -0.25) is 4.68 Å². The van der Waals surface area contributed by atoms with Gasteiger partial charge in [-0.1, -0.05) is 34.1 Å². The zero-order valence-electron chi connectivity index (χ0n) is 14.3. The number of halogens is 3. The van der Waals surface area contributed by atoms with Crippen LogP contribution in [0.15, 0.2) is 59.2 Å². The molecule has 0 fully saturated rings. The highest BCUT2D eigenvalue weighted by atomic mass is 79.9. The molecule has 0 aliphatic heterocycles. The molecule has 0 saturated carbocycles. The van der Waals surface area contributed by atoms with Gasteiger partial charge in [-0.25, -0.2) is 13.5 Å². The van der Waals surface area contributed by atoms with Crippen LogP contribution in [-0.2, 0) is 6.54 Å². The summed E-state index contributed by atoms with van der Waals surface area (Å²) in [6.07, 6.45) is -0.865. The van der Waals surface area contributed by atoms with E-state index in [1.54, 1.807) is 25.4 Å². The van der Waals surface area contributed by atoms with E-state index in [-0.39, 0.29) is 12.2 Å². The van der Waals surface area contributed by atoms with Crippen LogP contribution >= 0.6 is 15.9 Å². The van der Waals surface area contributed by atoms with E-state index in [1.165, 1.54) is 15.4 Å². The van der Waals surface area contributed by atoms with Crippen molar-refractivity contribution in [1.82, 2.24) is 19.6 Å². The van der Waals surface area contributed by atoms with Crippen molar-refractivity contribution in [3.05, 3.63) is 70.5 Å². The van der Waals surface area contributed by atoms with Crippen LogP contribution in [0.5, 0.6) is 5.75 Å². The molecule has 0 aliphatic carbocycles. The molecule has 0 atom stereocenters. The second-order valence-corrected chi connectivity index (χ2v) is 6.83. The van der Waals surface area contributed by atoms with Crippen molar-refractivity contribution >= 4 is 26.8 Å². The van der Waals surface area contributed by atoms with Crippen LogP contribution in [0.3, 0.4) is 0 Å². The first-order valence-corrected chi connectivity index (χ1v) is 8.97. The minimum atomic E-state index is -2.64. The average molecular weight is 433 g/mol. The number of nitrogens with zero attached hydrogens (tertiary/aromatic N) is 4. The Morgan fingerprint density at radius 3 is 2.56 bits per heavy atom. The summed E-state index contributed by atoms with van der Waals surface area (Å²) in [6, 6.07) is 14.2. The van der Waals surface area contributed by atoms with Gasteiger partial charge in [0, 0.05) is 22.1 Å². The number of aromatic nitrogens is 4. The fourth-order valence-corrected chi connectivity index (χ4v) is 3.32. The maximum atomic E-state index is 13.5. The Labute approximate surface area is 162 Å². The monoisotopic (exact) mass is 432 g/mol. The van der Waals surface area contributed by atoms with E-state index in [9.17, 15) is 8.78 Å². The first-order chi connectivity index (χ1) is 13.0. The molecule has 138 valence electrons. The van der Waals surface area contributed by atoms with Crippen molar-refractivity contribution in [2.45, 2.75) is 13.0 Å². The second kappa shape index (κ2) is 7.11. The molecule has 0 spiro atoms. The lowest BCUT2D eigenvalue weighted by molar-refractivity contribution is 0.139. The number of hydrogen-bond donors (Lipinski definition) is 0. The van der Waals surface area contributed by atoms with Crippen molar-refractivity contribution in [3.63, 3.8) is 0 Å². The molecule has 0 aliphatic rings. The van der Waals surface area contributed by atoms with Crippen molar-refractivity contribution < 1.29 is 13.5 Å². The molecule has 5 nitrogen and oxygen atoms in total. The summed E-state index contributed by atoms with van der Waals surface area (Å²) < 4.78 is 35.9. The predicted molar refractivity (Wildman–Crippen MR) is 102 cm³/mol. The normalized spacial score (nSPS) is 11.4. The molecule has 2 aromatic heterocycles. The lowest BCUT2D eigenvalue weighted by atomic mass is 10.2. The molecule has 27 heavy (non-hydrogen) atoms. The largest absolute Gasteiger partial charge is 0.497 e. The summed E-state index contributed by atoms with van der Waals surface area (Å²) >= 11 is 3.47.